The van der Waals surface area contributed by atoms with E-state index in [0.717, 1.165) is 0 Å². The van der Waals surface area contributed by atoms with Crippen LogP contribution in [0.25, 0.3) is 0 Å². The highest BCUT2D eigenvalue weighted by molar-refractivity contribution is 6.08. The number of benzene rings is 1. The van der Waals surface area contributed by atoms with Crippen LogP contribution < -0.4 is 20.1 Å². The zero-order valence-corrected chi connectivity index (χ0v) is 15.5. The van der Waals surface area contributed by atoms with E-state index < -0.39 is 11.8 Å². The van der Waals surface area contributed by atoms with Gasteiger partial charge < -0.3 is 24.6 Å². The van der Waals surface area contributed by atoms with E-state index in [1.54, 1.807) is 31.2 Å². The van der Waals surface area contributed by atoms with Gasteiger partial charge in [0, 0.05) is 24.5 Å². The van der Waals surface area contributed by atoms with Crippen molar-refractivity contribution in [2.75, 3.05) is 24.9 Å². The summed E-state index contributed by atoms with van der Waals surface area (Å²) in [5, 5.41) is 9.00. The number of methoxy groups -OCH3 is 2. The number of nitrogens with zero attached hydrogens (tertiary/aromatic N) is 2. The lowest BCUT2D eigenvalue weighted by Gasteiger charge is -2.12. The van der Waals surface area contributed by atoms with Crippen molar-refractivity contribution in [2.45, 2.75) is 6.92 Å². The van der Waals surface area contributed by atoms with Gasteiger partial charge in [-0.3, -0.25) is 14.6 Å². The Bertz CT molecular complexity index is 1020. The van der Waals surface area contributed by atoms with E-state index in [4.69, 9.17) is 14.0 Å². The summed E-state index contributed by atoms with van der Waals surface area (Å²) in [7, 11) is 3.02. The molecule has 3 aromatic rings. The lowest BCUT2D eigenvalue weighted by atomic mass is 10.1. The predicted octanol–water partition coefficient (Wildman–Crippen LogP) is 2.90. The second-order valence-corrected chi connectivity index (χ2v) is 5.76. The Kier molecular flexibility index (Phi) is 5.54. The number of carbonyl (C=O) groups is 2. The van der Waals surface area contributed by atoms with E-state index in [1.165, 1.54) is 32.7 Å². The molecule has 28 heavy (non-hydrogen) atoms. The van der Waals surface area contributed by atoms with Crippen LogP contribution in [-0.4, -0.2) is 36.2 Å². The third kappa shape index (κ3) is 4.26. The van der Waals surface area contributed by atoms with Crippen LogP contribution in [0.5, 0.6) is 11.5 Å². The molecule has 9 nitrogen and oxygen atoms in total. The minimum Gasteiger partial charge on any atom is -0.497 e. The third-order valence-electron chi connectivity index (χ3n) is 3.79. The summed E-state index contributed by atoms with van der Waals surface area (Å²) in [6, 6.07) is 8.03. The number of aryl methyl sites for hydroxylation is 1. The molecule has 0 spiro atoms. The number of nitrogens with one attached hydrogen (secondary N) is 2. The number of anilines is 2. The SMILES string of the molecule is COc1ccc(OC)c(NC(=O)c2cncc(C(=O)Nc3cc(C)on3)c2)c1. The summed E-state index contributed by atoms with van der Waals surface area (Å²) in [6.07, 6.45) is 2.71. The van der Waals surface area contributed by atoms with E-state index in [0.29, 0.717) is 22.9 Å². The first-order valence-corrected chi connectivity index (χ1v) is 8.23. The van der Waals surface area contributed by atoms with Crippen molar-refractivity contribution in [3.63, 3.8) is 0 Å². The molecule has 0 unspecified atom stereocenters. The van der Waals surface area contributed by atoms with Gasteiger partial charge in [-0.05, 0) is 25.1 Å². The van der Waals surface area contributed by atoms with Gasteiger partial charge in [0.2, 0.25) is 0 Å². The van der Waals surface area contributed by atoms with Gasteiger partial charge in [-0.2, -0.15) is 0 Å². The van der Waals surface area contributed by atoms with Gasteiger partial charge in [0.05, 0.1) is 31.0 Å². The number of amides is 2. The van der Waals surface area contributed by atoms with Crippen molar-refractivity contribution in [1.82, 2.24) is 10.1 Å². The monoisotopic (exact) mass is 382 g/mol. The highest BCUT2D eigenvalue weighted by Gasteiger charge is 2.15. The van der Waals surface area contributed by atoms with Gasteiger partial charge in [0.15, 0.2) is 5.82 Å². The van der Waals surface area contributed by atoms with Gasteiger partial charge >= 0.3 is 0 Å². The van der Waals surface area contributed by atoms with Crippen LogP contribution in [-0.2, 0) is 0 Å². The molecule has 2 amide bonds. The van der Waals surface area contributed by atoms with Gasteiger partial charge in [-0.15, -0.1) is 0 Å². The fraction of sp³-hybridized carbons (Fsp3) is 0.158. The van der Waals surface area contributed by atoms with E-state index >= 15 is 0 Å². The summed E-state index contributed by atoms with van der Waals surface area (Å²) in [4.78, 5) is 28.9. The van der Waals surface area contributed by atoms with Crippen LogP contribution in [0.15, 0.2) is 47.2 Å². The standard InChI is InChI=1S/C19H18N4O5/c1-11-6-17(23-28-11)22-19(25)13-7-12(9-20-10-13)18(24)21-15-8-14(26-2)4-5-16(15)27-3/h4-10H,1-3H3,(H,21,24)(H,22,23,25). The smallest absolute Gasteiger partial charge is 0.258 e. The highest BCUT2D eigenvalue weighted by atomic mass is 16.5. The van der Waals surface area contributed by atoms with E-state index in [2.05, 4.69) is 20.8 Å². The van der Waals surface area contributed by atoms with Crippen molar-refractivity contribution in [3.8, 4) is 11.5 Å². The first-order valence-electron chi connectivity index (χ1n) is 8.23. The molecular formula is C19H18N4O5. The Morgan fingerprint density at radius 1 is 0.964 bits per heavy atom. The summed E-state index contributed by atoms with van der Waals surface area (Å²) < 4.78 is 15.3. The highest BCUT2D eigenvalue weighted by Crippen LogP contribution is 2.29. The molecule has 3 rings (SSSR count). The molecular weight excluding hydrogens is 364 g/mol. The van der Waals surface area contributed by atoms with E-state index in [1.807, 2.05) is 0 Å². The Labute approximate surface area is 160 Å². The molecule has 2 N–H and O–H groups in total. The number of rotatable bonds is 6. The van der Waals surface area contributed by atoms with Crippen LogP contribution in [0.1, 0.15) is 26.5 Å². The summed E-state index contributed by atoms with van der Waals surface area (Å²) >= 11 is 0. The van der Waals surface area contributed by atoms with Gasteiger partial charge in [-0.25, -0.2) is 0 Å². The molecule has 0 aliphatic heterocycles. The van der Waals surface area contributed by atoms with Gasteiger partial charge in [0.1, 0.15) is 17.3 Å². The Morgan fingerprint density at radius 2 is 1.68 bits per heavy atom. The minimum absolute atomic E-state index is 0.200. The van der Waals surface area contributed by atoms with E-state index in [9.17, 15) is 9.59 Å². The molecule has 0 fully saturated rings. The van der Waals surface area contributed by atoms with Crippen LogP contribution in [0.4, 0.5) is 11.5 Å². The maximum atomic E-state index is 12.6. The van der Waals surface area contributed by atoms with Crippen molar-refractivity contribution in [3.05, 3.63) is 59.6 Å². The van der Waals surface area contributed by atoms with Crippen molar-refractivity contribution < 1.29 is 23.6 Å². The molecule has 0 aliphatic carbocycles. The first kappa shape index (κ1) is 18.9. The Balaban J connectivity index is 1.78. The predicted molar refractivity (Wildman–Crippen MR) is 101 cm³/mol. The van der Waals surface area contributed by atoms with Gasteiger partial charge in [0.25, 0.3) is 11.8 Å². The topological polar surface area (TPSA) is 116 Å². The largest absolute Gasteiger partial charge is 0.497 e. The first-order chi connectivity index (χ1) is 13.5. The normalized spacial score (nSPS) is 10.2. The van der Waals surface area contributed by atoms with Crippen molar-refractivity contribution in [1.29, 1.82) is 0 Å². The zero-order chi connectivity index (χ0) is 20.1. The van der Waals surface area contributed by atoms with Crippen molar-refractivity contribution >= 4 is 23.3 Å². The molecule has 2 heterocycles. The molecule has 0 bridgehead atoms. The lowest BCUT2D eigenvalue weighted by molar-refractivity contribution is 0.102. The average molecular weight is 382 g/mol. The second-order valence-electron chi connectivity index (χ2n) is 5.76. The number of aromatic nitrogens is 2. The lowest BCUT2D eigenvalue weighted by Crippen LogP contribution is -2.16. The second kappa shape index (κ2) is 8.21. The van der Waals surface area contributed by atoms with Crippen molar-refractivity contribution in [2.24, 2.45) is 0 Å². The Hall–Kier alpha value is -3.88. The quantitative estimate of drug-likeness (QED) is 0.673. The molecule has 1 aromatic carbocycles. The van der Waals surface area contributed by atoms with Gasteiger partial charge in [-0.1, -0.05) is 5.16 Å². The fourth-order valence-electron chi connectivity index (χ4n) is 2.41. The Morgan fingerprint density at radius 3 is 2.29 bits per heavy atom. The maximum absolute atomic E-state index is 12.6. The molecule has 0 aliphatic rings. The number of ether oxygens (including phenoxy) is 2. The molecule has 0 saturated heterocycles. The number of pyridine rings is 1. The van der Waals surface area contributed by atoms with E-state index in [-0.39, 0.29) is 16.9 Å². The fourth-order valence-corrected chi connectivity index (χ4v) is 2.41. The average Bonchev–Trinajstić information content (AvgIpc) is 3.12. The molecule has 0 atom stereocenters. The number of carbonyl (C=O) groups excluding carboxylic acids is 2. The summed E-state index contributed by atoms with van der Waals surface area (Å²) in [5.41, 5.74) is 0.833. The molecule has 2 aromatic heterocycles. The van der Waals surface area contributed by atoms with Crippen LogP contribution in [0, 0.1) is 6.92 Å². The molecule has 0 saturated carbocycles. The molecule has 144 valence electrons. The van der Waals surface area contributed by atoms with Crippen LogP contribution in [0.2, 0.25) is 0 Å². The molecule has 9 heteroatoms. The molecule has 0 radical (unpaired) electrons. The maximum Gasteiger partial charge on any atom is 0.258 e. The zero-order valence-electron chi connectivity index (χ0n) is 15.5. The van der Waals surface area contributed by atoms with Crippen LogP contribution >= 0.6 is 0 Å². The number of hydrogen-bond acceptors (Lipinski definition) is 7. The summed E-state index contributed by atoms with van der Waals surface area (Å²) in [5.74, 6) is 0.954. The summed E-state index contributed by atoms with van der Waals surface area (Å²) in [6.45, 7) is 1.71. The third-order valence-corrected chi connectivity index (χ3v) is 3.79. The number of hydrogen-bond donors (Lipinski definition) is 2. The minimum atomic E-state index is -0.464. The van der Waals surface area contributed by atoms with Crippen LogP contribution in [0.3, 0.4) is 0 Å².